The van der Waals surface area contributed by atoms with Crippen LogP contribution in [0.15, 0.2) is 42.5 Å². The van der Waals surface area contributed by atoms with Gasteiger partial charge in [-0.05, 0) is 36.1 Å². The van der Waals surface area contributed by atoms with Crippen molar-refractivity contribution in [2.75, 3.05) is 33.9 Å². The van der Waals surface area contributed by atoms with Gasteiger partial charge in [0, 0.05) is 26.2 Å². The summed E-state index contributed by atoms with van der Waals surface area (Å²) in [6.07, 6.45) is 2.02. The largest absolute Gasteiger partial charge is 0.493 e. The zero-order valence-corrected chi connectivity index (χ0v) is 15.5. The summed E-state index contributed by atoms with van der Waals surface area (Å²) in [5, 5.41) is 2.98. The van der Waals surface area contributed by atoms with E-state index in [1.165, 1.54) is 11.1 Å². The minimum Gasteiger partial charge on any atom is -0.493 e. The number of hydrogen-bond acceptors (Lipinski definition) is 4. The third-order valence-electron chi connectivity index (χ3n) is 4.79. The highest BCUT2D eigenvalue weighted by molar-refractivity contribution is 5.97. The molecule has 3 rings (SSSR count). The predicted octanol–water partition coefficient (Wildman–Crippen LogP) is 2.88. The van der Waals surface area contributed by atoms with Gasteiger partial charge >= 0.3 is 0 Å². The lowest BCUT2D eigenvalue weighted by Crippen LogP contribution is -2.33. The highest BCUT2D eigenvalue weighted by Crippen LogP contribution is 2.30. The van der Waals surface area contributed by atoms with Crippen LogP contribution >= 0.6 is 0 Å². The van der Waals surface area contributed by atoms with Crippen molar-refractivity contribution in [2.45, 2.75) is 19.4 Å². The molecule has 2 aromatic carbocycles. The van der Waals surface area contributed by atoms with Crippen LogP contribution in [0, 0.1) is 0 Å². The molecule has 1 aliphatic rings. The molecule has 0 fully saturated rings. The van der Waals surface area contributed by atoms with Gasteiger partial charge in [0.1, 0.15) is 0 Å². The van der Waals surface area contributed by atoms with Gasteiger partial charge in [0.25, 0.3) is 5.91 Å². The summed E-state index contributed by atoms with van der Waals surface area (Å²) in [4.78, 5) is 14.9. The average molecular weight is 354 g/mol. The molecule has 1 aliphatic heterocycles. The molecule has 0 aliphatic carbocycles. The first kappa shape index (κ1) is 18.3. The number of carbonyl (C=O) groups excluding carboxylic acids is 1. The van der Waals surface area contributed by atoms with E-state index in [0.29, 0.717) is 23.6 Å². The summed E-state index contributed by atoms with van der Waals surface area (Å²) in [6.45, 7) is 3.68. The highest BCUT2D eigenvalue weighted by atomic mass is 16.5. The number of benzene rings is 2. The standard InChI is InChI=1S/C21H26N2O3/c1-25-19-10-5-9-18(20(19)26-2)21(24)22-12-6-13-23-14-11-16-7-3-4-8-17(16)15-23/h3-5,7-10H,6,11-15H2,1-2H3,(H,22,24). The first-order valence-corrected chi connectivity index (χ1v) is 9.01. The minimum atomic E-state index is -0.135. The summed E-state index contributed by atoms with van der Waals surface area (Å²) in [5.41, 5.74) is 3.38. The SMILES string of the molecule is COc1cccc(C(=O)NCCCN2CCc3ccccc3C2)c1OC. The van der Waals surface area contributed by atoms with Gasteiger partial charge < -0.3 is 14.8 Å². The zero-order valence-electron chi connectivity index (χ0n) is 15.5. The number of nitrogens with one attached hydrogen (secondary N) is 1. The number of carbonyl (C=O) groups is 1. The maximum atomic E-state index is 12.4. The maximum Gasteiger partial charge on any atom is 0.255 e. The lowest BCUT2D eigenvalue weighted by atomic mass is 10.00. The highest BCUT2D eigenvalue weighted by Gasteiger charge is 2.17. The lowest BCUT2D eigenvalue weighted by molar-refractivity contribution is 0.0947. The molecular formula is C21H26N2O3. The molecule has 0 saturated carbocycles. The quantitative estimate of drug-likeness (QED) is 0.777. The van der Waals surface area contributed by atoms with E-state index in [1.807, 2.05) is 0 Å². The Labute approximate surface area is 154 Å². The van der Waals surface area contributed by atoms with E-state index in [0.717, 1.165) is 32.5 Å². The van der Waals surface area contributed by atoms with E-state index in [2.05, 4.69) is 34.5 Å². The first-order valence-electron chi connectivity index (χ1n) is 9.01. The molecule has 5 nitrogen and oxygen atoms in total. The van der Waals surface area contributed by atoms with Crippen LogP contribution in [0.5, 0.6) is 11.5 Å². The van der Waals surface area contributed by atoms with Crippen molar-refractivity contribution in [1.82, 2.24) is 10.2 Å². The molecule has 0 bridgehead atoms. The van der Waals surface area contributed by atoms with Crippen molar-refractivity contribution >= 4 is 5.91 Å². The van der Waals surface area contributed by atoms with Crippen molar-refractivity contribution in [3.8, 4) is 11.5 Å². The van der Waals surface area contributed by atoms with Crippen molar-refractivity contribution in [2.24, 2.45) is 0 Å². The second-order valence-electron chi connectivity index (χ2n) is 6.45. The number of rotatable bonds is 7. The van der Waals surface area contributed by atoms with Gasteiger partial charge in [-0.1, -0.05) is 30.3 Å². The van der Waals surface area contributed by atoms with Gasteiger partial charge in [0.15, 0.2) is 11.5 Å². The number of para-hydroxylation sites is 1. The summed E-state index contributed by atoms with van der Waals surface area (Å²) >= 11 is 0. The Hall–Kier alpha value is -2.53. The Balaban J connectivity index is 1.48. The minimum absolute atomic E-state index is 0.135. The average Bonchev–Trinajstić information content (AvgIpc) is 2.70. The number of hydrogen-bond donors (Lipinski definition) is 1. The Bertz CT molecular complexity index is 761. The van der Waals surface area contributed by atoms with E-state index >= 15 is 0 Å². The van der Waals surface area contributed by atoms with Crippen molar-refractivity contribution in [3.05, 3.63) is 59.2 Å². The molecular weight excluding hydrogens is 328 g/mol. The summed E-state index contributed by atoms with van der Waals surface area (Å²) in [6, 6.07) is 14.0. The normalized spacial score (nSPS) is 13.8. The van der Waals surface area contributed by atoms with Gasteiger partial charge in [-0.15, -0.1) is 0 Å². The van der Waals surface area contributed by atoms with Gasteiger partial charge in [-0.3, -0.25) is 9.69 Å². The molecule has 0 saturated heterocycles. The molecule has 2 aromatic rings. The summed E-state index contributed by atoms with van der Waals surface area (Å²) < 4.78 is 10.6. The van der Waals surface area contributed by atoms with E-state index < -0.39 is 0 Å². The van der Waals surface area contributed by atoms with Gasteiger partial charge in [-0.25, -0.2) is 0 Å². The number of fused-ring (bicyclic) bond motifs is 1. The number of amides is 1. The van der Waals surface area contributed by atoms with Crippen LogP contribution in [0.3, 0.4) is 0 Å². The monoisotopic (exact) mass is 354 g/mol. The molecule has 1 heterocycles. The summed E-state index contributed by atoms with van der Waals surface area (Å²) in [5.74, 6) is 0.900. The molecule has 0 unspecified atom stereocenters. The maximum absolute atomic E-state index is 12.4. The molecule has 0 aromatic heterocycles. The number of nitrogens with zero attached hydrogens (tertiary/aromatic N) is 1. The number of ether oxygens (including phenoxy) is 2. The van der Waals surface area contributed by atoms with Crippen molar-refractivity contribution in [3.63, 3.8) is 0 Å². The van der Waals surface area contributed by atoms with Crippen LogP contribution in [0.25, 0.3) is 0 Å². The van der Waals surface area contributed by atoms with Crippen molar-refractivity contribution in [1.29, 1.82) is 0 Å². The predicted molar refractivity (Wildman–Crippen MR) is 102 cm³/mol. The Kier molecular flexibility index (Phi) is 6.12. The fourth-order valence-corrected chi connectivity index (χ4v) is 3.41. The molecule has 138 valence electrons. The van der Waals surface area contributed by atoms with Gasteiger partial charge in [-0.2, -0.15) is 0 Å². The number of methoxy groups -OCH3 is 2. The van der Waals surface area contributed by atoms with E-state index in [9.17, 15) is 4.79 Å². The smallest absolute Gasteiger partial charge is 0.255 e. The van der Waals surface area contributed by atoms with Crippen LogP contribution in [0.4, 0.5) is 0 Å². The molecule has 1 amide bonds. The lowest BCUT2D eigenvalue weighted by Gasteiger charge is -2.28. The molecule has 5 heteroatoms. The fourth-order valence-electron chi connectivity index (χ4n) is 3.41. The topological polar surface area (TPSA) is 50.8 Å². The molecule has 0 radical (unpaired) electrons. The van der Waals surface area contributed by atoms with Crippen LogP contribution in [-0.4, -0.2) is 44.7 Å². The van der Waals surface area contributed by atoms with Gasteiger partial charge in [0.2, 0.25) is 0 Å². The Morgan fingerprint density at radius 1 is 1.08 bits per heavy atom. The van der Waals surface area contributed by atoms with Gasteiger partial charge in [0.05, 0.1) is 19.8 Å². The second kappa shape index (κ2) is 8.72. The zero-order chi connectivity index (χ0) is 18.4. The van der Waals surface area contributed by atoms with Crippen LogP contribution in [0.2, 0.25) is 0 Å². The van der Waals surface area contributed by atoms with E-state index in [1.54, 1.807) is 32.4 Å². The fraction of sp³-hybridized carbons (Fsp3) is 0.381. The third kappa shape index (κ3) is 4.17. The van der Waals surface area contributed by atoms with Crippen LogP contribution < -0.4 is 14.8 Å². The van der Waals surface area contributed by atoms with E-state index in [-0.39, 0.29) is 5.91 Å². The van der Waals surface area contributed by atoms with Crippen molar-refractivity contribution < 1.29 is 14.3 Å². The molecule has 26 heavy (non-hydrogen) atoms. The summed E-state index contributed by atoms with van der Waals surface area (Å²) in [7, 11) is 3.11. The molecule has 0 spiro atoms. The van der Waals surface area contributed by atoms with Crippen LogP contribution in [0.1, 0.15) is 27.9 Å². The van der Waals surface area contributed by atoms with Crippen LogP contribution in [-0.2, 0) is 13.0 Å². The second-order valence-corrected chi connectivity index (χ2v) is 6.45. The molecule has 1 N–H and O–H groups in total. The first-order chi connectivity index (χ1) is 12.7. The Morgan fingerprint density at radius 2 is 1.88 bits per heavy atom. The Morgan fingerprint density at radius 3 is 2.65 bits per heavy atom. The third-order valence-corrected chi connectivity index (χ3v) is 4.79. The molecule has 0 atom stereocenters. The van der Waals surface area contributed by atoms with E-state index in [4.69, 9.17) is 9.47 Å².